The van der Waals surface area contributed by atoms with E-state index >= 15 is 0 Å². The molecule has 0 unspecified atom stereocenters. The molecule has 44 heavy (non-hydrogen) atoms. The van der Waals surface area contributed by atoms with Gasteiger partial charge in [-0.05, 0) is 15.9 Å². The maximum absolute atomic E-state index is 12.2. The zero-order chi connectivity index (χ0) is 31.0. The normalized spacial score (nSPS) is 10.8. The Hall–Kier alpha value is -2.36. The number of halogens is 3. The summed E-state index contributed by atoms with van der Waals surface area (Å²) >= 11 is -3.49. The Balaban J connectivity index is 0.000000180. The van der Waals surface area contributed by atoms with Crippen molar-refractivity contribution in [1.82, 2.24) is 0 Å². The molecule has 0 spiro atoms. The Morgan fingerprint density at radius 2 is 0.614 bits per heavy atom. The van der Waals surface area contributed by atoms with Crippen LogP contribution in [0.15, 0.2) is 182 Å². The van der Waals surface area contributed by atoms with E-state index in [2.05, 4.69) is 96.7 Å². The van der Waals surface area contributed by atoms with Crippen LogP contribution in [0.5, 0.6) is 0 Å². The van der Waals surface area contributed by atoms with E-state index in [1.165, 1.54) is 10.5 Å². The molecule has 0 atom stereocenters. The summed E-state index contributed by atoms with van der Waals surface area (Å²) < 4.78 is 4.55. The van der Waals surface area contributed by atoms with Crippen LogP contribution in [-0.2, 0) is 17.8 Å². The number of benzene rings is 6. The summed E-state index contributed by atoms with van der Waals surface area (Å²) in [5, 5.41) is 3.12. The monoisotopic (exact) mass is 850 g/mol. The standard InChI is InChI=1S/C19H15OP.3C6H5.3ClH.Rh.Sb/c20-16-21(17-10-4-1-5-11-17,18-12-6-2-7-13-18)19-14-8-3-9-15-19;3*1-2-4-6-5-3-1;;;;;/h1-15H;3*1-5H;3*1H;;/q;;;;;;;+3;/p-3. The van der Waals surface area contributed by atoms with Crippen molar-refractivity contribution in [2.75, 3.05) is 0 Å². The summed E-state index contributed by atoms with van der Waals surface area (Å²) in [7, 11) is 14.8. The molecule has 1 nitrogen and oxygen atoms in total. The van der Waals surface area contributed by atoms with Crippen LogP contribution < -0.4 is 26.4 Å². The molecule has 0 amide bonds. The molecule has 6 aromatic carbocycles. The quantitative estimate of drug-likeness (QED) is 0.127. The molecule has 0 aliphatic heterocycles. The van der Waals surface area contributed by atoms with E-state index < -0.39 is 40.1 Å². The van der Waals surface area contributed by atoms with Crippen molar-refractivity contribution in [3.63, 3.8) is 0 Å². The summed E-state index contributed by atoms with van der Waals surface area (Å²) in [4.78, 5) is 12.2. The topological polar surface area (TPSA) is 17.1 Å². The molecule has 0 bridgehead atoms. The van der Waals surface area contributed by atoms with Crippen LogP contribution in [-0.4, -0.2) is 25.9 Å². The molecule has 0 saturated heterocycles. The molecule has 0 aliphatic rings. The van der Waals surface area contributed by atoms with E-state index in [0.717, 1.165) is 15.9 Å². The average Bonchev–Trinajstić information content (AvgIpc) is 3.09. The Labute approximate surface area is 285 Å². The predicted octanol–water partition coefficient (Wildman–Crippen LogP) is 7.32. The number of hydrogen-bond donors (Lipinski definition) is 0. The second kappa shape index (κ2) is 18.6. The van der Waals surface area contributed by atoms with Crippen LogP contribution >= 0.6 is 36.0 Å². The van der Waals surface area contributed by atoms with Crippen molar-refractivity contribution in [2.24, 2.45) is 0 Å². The summed E-state index contributed by atoms with van der Waals surface area (Å²) in [5.74, 6) is 0. The van der Waals surface area contributed by atoms with Gasteiger partial charge in [-0.3, -0.25) is 0 Å². The molecule has 0 N–H and O–H groups in total. The first-order valence-electron chi connectivity index (χ1n) is 13.6. The molecule has 0 fully saturated rings. The van der Waals surface area contributed by atoms with Crippen molar-refractivity contribution >= 4 is 88.3 Å². The van der Waals surface area contributed by atoms with E-state index in [-0.39, 0.29) is 0 Å². The van der Waals surface area contributed by atoms with Gasteiger partial charge < -0.3 is 0 Å². The van der Waals surface area contributed by atoms with Crippen LogP contribution in [0.1, 0.15) is 0 Å². The van der Waals surface area contributed by atoms with Crippen molar-refractivity contribution < 1.29 is 17.8 Å². The van der Waals surface area contributed by atoms with E-state index in [0.29, 0.717) is 0 Å². The predicted molar refractivity (Wildman–Crippen MR) is 192 cm³/mol. The van der Waals surface area contributed by atoms with Gasteiger partial charge in [0.15, 0.2) is 0 Å². The number of carbonyl (C=O) groups excluding carboxylic acids is 1. The second-order valence-corrected chi connectivity index (χ2v) is 26.1. The Bertz CT molecular complexity index is 1540. The molecule has 0 aliphatic carbocycles. The Morgan fingerprint density at radius 1 is 0.409 bits per heavy atom. The van der Waals surface area contributed by atoms with Crippen LogP contribution in [0.25, 0.3) is 0 Å². The van der Waals surface area contributed by atoms with Crippen molar-refractivity contribution in [3.8, 4) is 0 Å². The minimum atomic E-state index is -2.34. The molecule has 0 aromatic heterocycles. The first-order chi connectivity index (χ1) is 21.6. The molecule has 7 heteroatoms. The van der Waals surface area contributed by atoms with E-state index in [9.17, 15) is 4.79 Å². The third-order valence-electron chi connectivity index (χ3n) is 6.61. The average molecular weight is 853 g/mol. The van der Waals surface area contributed by atoms with Gasteiger partial charge in [0.1, 0.15) is 5.66 Å². The maximum atomic E-state index is 12.2. The molecule has 0 saturated carbocycles. The third-order valence-corrected chi connectivity index (χ3v) is 17.1. The molecule has 0 heterocycles. The van der Waals surface area contributed by atoms with E-state index in [1.54, 1.807) is 0 Å². The van der Waals surface area contributed by atoms with Crippen molar-refractivity contribution in [3.05, 3.63) is 182 Å². The van der Waals surface area contributed by atoms with Gasteiger partial charge >= 0.3 is 164 Å². The summed E-state index contributed by atoms with van der Waals surface area (Å²) in [5.41, 5.74) is 2.43. The molecule has 6 rings (SSSR count). The molecular weight excluding hydrogens is 822 g/mol. The van der Waals surface area contributed by atoms with Crippen molar-refractivity contribution in [2.45, 2.75) is 0 Å². The van der Waals surface area contributed by atoms with Crippen LogP contribution in [0.3, 0.4) is 0 Å². The van der Waals surface area contributed by atoms with Gasteiger partial charge in [-0.25, -0.2) is 4.79 Å². The van der Waals surface area contributed by atoms with E-state index in [1.807, 2.05) is 91.0 Å². The SMILES string of the molecule is O=C=P(c1ccccc1)(c1ccccc1)c1ccccc1.[Cl][Rh]([Cl])[Cl].c1cc[c]([Sb]([c]2ccccc2)[c]2ccccc2)cc1. The Kier molecular flexibility index (Phi) is 14.6. The fourth-order valence-corrected chi connectivity index (χ4v) is 14.4. The van der Waals surface area contributed by atoms with Gasteiger partial charge in [0.2, 0.25) is 0 Å². The zero-order valence-corrected chi connectivity index (χ0v) is 30.9. The first-order valence-corrected chi connectivity index (χ1v) is 25.6. The van der Waals surface area contributed by atoms with Crippen LogP contribution in [0.4, 0.5) is 0 Å². The van der Waals surface area contributed by atoms with Gasteiger partial charge in [0.25, 0.3) is 0 Å². The van der Waals surface area contributed by atoms with Gasteiger partial charge in [-0.15, -0.1) is 0 Å². The minimum absolute atomic E-state index is 1.04. The van der Waals surface area contributed by atoms with Crippen LogP contribution in [0, 0.1) is 0 Å². The second-order valence-electron chi connectivity index (χ2n) is 9.25. The van der Waals surface area contributed by atoms with Crippen LogP contribution in [0.2, 0.25) is 0 Å². The first kappa shape index (κ1) is 34.5. The van der Waals surface area contributed by atoms with Gasteiger partial charge in [0.05, 0.1) is 6.89 Å². The van der Waals surface area contributed by atoms with Crippen molar-refractivity contribution in [1.29, 1.82) is 0 Å². The summed E-state index contributed by atoms with van der Waals surface area (Å²) in [6.45, 7) is -2.34. The van der Waals surface area contributed by atoms with Gasteiger partial charge in [-0.2, -0.15) is 0 Å². The van der Waals surface area contributed by atoms with E-state index in [4.69, 9.17) is 29.1 Å². The zero-order valence-electron chi connectivity index (χ0n) is 23.6. The van der Waals surface area contributed by atoms with Gasteiger partial charge in [0, 0.05) is 0 Å². The summed E-state index contributed by atoms with van der Waals surface area (Å²) in [6.07, 6.45) is 0. The molecule has 0 radical (unpaired) electrons. The molecule has 224 valence electrons. The number of rotatable bonds is 6. The molecule has 6 aromatic rings. The fourth-order valence-electron chi connectivity index (χ4n) is 4.74. The third kappa shape index (κ3) is 9.57. The number of hydrogen-bond acceptors (Lipinski definition) is 1. The fraction of sp³-hybridized carbons (Fsp3) is 0. The molecular formula is C37H30Cl3OPRhSb. The summed E-state index contributed by atoms with van der Waals surface area (Å²) in [6, 6.07) is 62.8. The Morgan fingerprint density at radius 3 is 0.818 bits per heavy atom. The van der Waals surface area contributed by atoms with Gasteiger partial charge in [-0.1, -0.05) is 91.0 Å².